The lowest BCUT2D eigenvalue weighted by Crippen LogP contribution is -2.29. The summed E-state index contributed by atoms with van der Waals surface area (Å²) in [6.45, 7) is 10.7. The number of aromatic nitrogens is 1. The van der Waals surface area contributed by atoms with E-state index < -0.39 is 9.84 Å². The number of nitrogens with one attached hydrogen (secondary N) is 1. The summed E-state index contributed by atoms with van der Waals surface area (Å²) < 4.78 is 36.1. The molecule has 31 heavy (non-hydrogen) atoms. The zero-order valence-electron chi connectivity index (χ0n) is 18.5. The highest BCUT2D eigenvalue weighted by Gasteiger charge is 2.29. The number of amides is 1. The van der Waals surface area contributed by atoms with Crippen LogP contribution in [0.25, 0.3) is 11.0 Å². The van der Waals surface area contributed by atoms with Crippen LogP contribution < -0.4 is 5.32 Å². The third-order valence-electron chi connectivity index (χ3n) is 5.17. The fourth-order valence-corrected chi connectivity index (χ4v) is 4.92. The molecule has 3 heterocycles. The number of carbonyl (C=O) groups excluding carboxylic acids is 1. The maximum absolute atomic E-state index is 12.7. The van der Waals surface area contributed by atoms with Gasteiger partial charge in [0.25, 0.3) is 5.91 Å². The molecule has 0 aliphatic carbocycles. The van der Waals surface area contributed by atoms with Gasteiger partial charge in [0.2, 0.25) is 0 Å². The highest BCUT2D eigenvalue weighted by Crippen LogP contribution is 2.23. The van der Waals surface area contributed by atoms with Gasteiger partial charge in [0, 0.05) is 36.2 Å². The van der Waals surface area contributed by atoms with E-state index >= 15 is 0 Å². The van der Waals surface area contributed by atoms with E-state index in [1.165, 1.54) is 0 Å². The van der Waals surface area contributed by atoms with Crippen LogP contribution in [0.1, 0.15) is 50.6 Å². The van der Waals surface area contributed by atoms with E-state index in [4.69, 9.17) is 9.15 Å². The Morgan fingerprint density at radius 2 is 2.06 bits per heavy atom. The quantitative estimate of drug-likeness (QED) is 0.606. The van der Waals surface area contributed by atoms with Crippen molar-refractivity contribution in [1.29, 1.82) is 0 Å². The Kier molecular flexibility index (Phi) is 9.45. The van der Waals surface area contributed by atoms with Crippen molar-refractivity contribution in [3.63, 3.8) is 0 Å². The lowest BCUT2D eigenvalue weighted by Gasteiger charge is -2.22. The second-order valence-corrected chi connectivity index (χ2v) is 9.54. The smallest absolute Gasteiger partial charge is 0.287 e. The summed E-state index contributed by atoms with van der Waals surface area (Å²) >= 11 is 0. The van der Waals surface area contributed by atoms with E-state index in [2.05, 4.69) is 16.9 Å². The first kappa shape index (κ1) is 24.8. The first-order valence-corrected chi connectivity index (χ1v) is 12.2. The summed E-state index contributed by atoms with van der Waals surface area (Å²) in [5.74, 6) is -0.210. The first-order valence-electron chi connectivity index (χ1n) is 10.6. The van der Waals surface area contributed by atoms with Crippen molar-refractivity contribution in [1.82, 2.24) is 10.3 Å². The molecule has 1 fully saturated rings. The molecule has 0 bridgehead atoms. The number of allylic oxidation sites excluding steroid dienone is 2. The van der Waals surface area contributed by atoms with E-state index in [1.807, 2.05) is 13.8 Å². The lowest BCUT2D eigenvalue weighted by molar-refractivity contribution is 0.0924. The van der Waals surface area contributed by atoms with Crippen LogP contribution in [-0.4, -0.2) is 44.3 Å². The number of nitrogens with zero attached hydrogens (tertiary/aromatic N) is 1. The van der Waals surface area contributed by atoms with Gasteiger partial charge in [0.15, 0.2) is 21.2 Å². The fraction of sp³-hybridized carbons (Fsp3) is 0.478. The predicted molar refractivity (Wildman–Crippen MR) is 123 cm³/mol. The largest absolute Gasteiger partial charge is 0.449 e. The summed E-state index contributed by atoms with van der Waals surface area (Å²) in [6.07, 6.45) is 8.16. The molecule has 0 saturated carbocycles. The molecule has 2 aromatic heterocycles. The number of hydrogen-bond acceptors (Lipinski definition) is 6. The van der Waals surface area contributed by atoms with Gasteiger partial charge in [-0.3, -0.25) is 9.78 Å². The third kappa shape index (κ3) is 6.51. The molecule has 0 aromatic carbocycles. The number of carbonyl (C=O) groups is 1. The monoisotopic (exact) mass is 448 g/mol. The molecule has 0 radical (unpaired) electrons. The normalized spacial score (nSPS) is 16.3. The Labute approximate surface area is 184 Å². The molecule has 8 heteroatoms. The van der Waals surface area contributed by atoms with Gasteiger partial charge >= 0.3 is 0 Å². The molecule has 3 rings (SSSR count). The SMILES string of the molecule is C=C[C@H](C/C=C(\C)S(=O)(=O)C1CCOCC1)CNC(=O)c1cc2ccncc2o1.CC. The number of pyridine rings is 1. The standard InChI is InChI=1S/C21H26N2O5S.C2H6/c1-3-16(5-4-15(2)29(25,26)18-7-10-27-11-8-18)13-23-21(24)19-12-17-6-9-22-14-20(17)28-19;1-2/h3-4,6,9,12,14,16,18H,1,5,7-8,10-11,13H2,2H3,(H,23,24);1-2H3/b15-4+;/t16-;/m1./s1. The second kappa shape index (κ2) is 11.8. The molecule has 1 aliphatic heterocycles. The topological polar surface area (TPSA) is 98.5 Å². The van der Waals surface area contributed by atoms with E-state index in [0.717, 1.165) is 5.39 Å². The highest BCUT2D eigenvalue weighted by molar-refractivity contribution is 7.95. The van der Waals surface area contributed by atoms with Crippen molar-refractivity contribution in [3.05, 3.63) is 53.9 Å². The van der Waals surface area contributed by atoms with Gasteiger partial charge in [0.05, 0.1) is 11.4 Å². The van der Waals surface area contributed by atoms with E-state index in [-0.39, 0.29) is 22.8 Å². The molecule has 1 atom stereocenters. The molecule has 7 nitrogen and oxygen atoms in total. The van der Waals surface area contributed by atoms with Crippen molar-refractivity contribution >= 4 is 26.7 Å². The lowest BCUT2D eigenvalue weighted by atomic mass is 10.1. The maximum atomic E-state index is 12.7. The van der Waals surface area contributed by atoms with E-state index in [9.17, 15) is 13.2 Å². The fourth-order valence-electron chi connectivity index (χ4n) is 3.25. The summed E-state index contributed by atoms with van der Waals surface area (Å²) in [5, 5.41) is 3.25. The van der Waals surface area contributed by atoms with Crippen LogP contribution in [0.5, 0.6) is 0 Å². The zero-order valence-corrected chi connectivity index (χ0v) is 19.3. The first-order chi connectivity index (χ1) is 14.9. The number of fused-ring (bicyclic) bond motifs is 1. The van der Waals surface area contributed by atoms with Gasteiger partial charge in [-0.25, -0.2) is 8.42 Å². The Balaban J connectivity index is 0.00000166. The summed E-state index contributed by atoms with van der Waals surface area (Å²) in [7, 11) is -3.32. The van der Waals surface area contributed by atoms with Gasteiger partial charge < -0.3 is 14.5 Å². The Morgan fingerprint density at radius 3 is 2.71 bits per heavy atom. The highest BCUT2D eigenvalue weighted by atomic mass is 32.2. The molecule has 170 valence electrons. The van der Waals surface area contributed by atoms with Crippen molar-refractivity contribution in [2.75, 3.05) is 19.8 Å². The van der Waals surface area contributed by atoms with Crippen LogP contribution in [-0.2, 0) is 14.6 Å². The summed E-state index contributed by atoms with van der Waals surface area (Å²) in [6, 6.07) is 3.44. The van der Waals surface area contributed by atoms with E-state index in [1.54, 1.807) is 43.6 Å². The van der Waals surface area contributed by atoms with Crippen LogP contribution in [0.4, 0.5) is 0 Å². The number of sulfone groups is 1. The number of furan rings is 1. The zero-order chi connectivity index (χ0) is 22.9. The van der Waals surface area contributed by atoms with Gasteiger partial charge in [-0.15, -0.1) is 6.58 Å². The van der Waals surface area contributed by atoms with Crippen LogP contribution in [0.2, 0.25) is 0 Å². The van der Waals surface area contributed by atoms with Crippen LogP contribution in [0.15, 0.2) is 52.6 Å². The molecule has 0 spiro atoms. The molecule has 1 saturated heterocycles. The molecular weight excluding hydrogens is 416 g/mol. The molecule has 2 aromatic rings. The summed E-state index contributed by atoms with van der Waals surface area (Å²) in [5.41, 5.74) is 0.551. The van der Waals surface area contributed by atoms with Crippen molar-refractivity contribution < 1.29 is 22.4 Å². The number of rotatable bonds is 8. The van der Waals surface area contributed by atoms with Crippen LogP contribution >= 0.6 is 0 Å². The van der Waals surface area contributed by atoms with Crippen LogP contribution in [0, 0.1) is 5.92 Å². The van der Waals surface area contributed by atoms with Crippen molar-refractivity contribution in [2.24, 2.45) is 5.92 Å². The predicted octanol–water partition coefficient (Wildman–Crippen LogP) is 4.27. The Hall–Kier alpha value is -2.45. The van der Waals surface area contributed by atoms with Gasteiger partial charge in [0.1, 0.15) is 0 Å². The second-order valence-electron chi connectivity index (χ2n) is 7.14. The number of hydrogen-bond donors (Lipinski definition) is 1. The molecular formula is C23H32N2O5S. The summed E-state index contributed by atoms with van der Waals surface area (Å²) in [4.78, 5) is 16.7. The average molecular weight is 449 g/mol. The van der Waals surface area contributed by atoms with Crippen LogP contribution in [0.3, 0.4) is 0 Å². The molecule has 1 aliphatic rings. The Bertz CT molecular complexity index is 971. The molecule has 0 unspecified atom stereocenters. The van der Waals surface area contributed by atoms with Gasteiger partial charge in [-0.1, -0.05) is 26.0 Å². The maximum Gasteiger partial charge on any atom is 0.287 e. The number of ether oxygens (including phenoxy) is 1. The van der Waals surface area contributed by atoms with Gasteiger partial charge in [-0.05, 0) is 44.2 Å². The average Bonchev–Trinajstić information content (AvgIpc) is 3.25. The van der Waals surface area contributed by atoms with E-state index in [0.29, 0.717) is 49.5 Å². The van der Waals surface area contributed by atoms with Crippen molar-refractivity contribution in [2.45, 2.75) is 45.3 Å². The minimum atomic E-state index is -3.32. The van der Waals surface area contributed by atoms with Gasteiger partial charge in [-0.2, -0.15) is 0 Å². The molecule has 1 amide bonds. The third-order valence-corrected chi connectivity index (χ3v) is 7.58. The Morgan fingerprint density at radius 1 is 1.35 bits per heavy atom. The van der Waals surface area contributed by atoms with Crippen molar-refractivity contribution in [3.8, 4) is 0 Å². The minimum Gasteiger partial charge on any atom is -0.449 e. The minimum absolute atomic E-state index is 0.0927. The molecule has 1 N–H and O–H groups in total.